The number of aryl methyl sites for hydroxylation is 2. The highest BCUT2D eigenvalue weighted by molar-refractivity contribution is 6.06. The van der Waals surface area contributed by atoms with E-state index in [9.17, 15) is 14.4 Å². The standard InChI is InChI=1S/C20H22N2O4/c1-3-7-20(2)18(24)22(19(25)21-20)11-14-10-17(23)26-16-9-13-6-4-5-12(13)8-15(14)16/h8-10H,3-7,11H2,1-2H3,(H,21,25)/t20-/m0/s1. The van der Waals surface area contributed by atoms with Crippen molar-refractivity contribution in [2.24, 2.45) is 0 Å². The highest BCUT2D eigenvalue weighted by Crippen LogP contribution is 2.30. The summed E-state index contributed by atoms with van der Waals surface area (Å²) in [5.41, 5.74) is 2.30. The molecule has 3 amide bonds. The molecule has 2 heterocycles. The van der Waals surface area contributed by atoms with Gasteiger partial charge in [-0.3, -0.25) is 9.69 Å². The van der Waals surface area contributed by atoms with Crippen LogP contribution < -0.4 is 10.9 Å². The van der Waals surface area contributed by atoms with Crippen LogP contribution in [0.5, 0.6) is 0 Å². The van der Waals surface area contributed by atoms with Crippen LogP contribution in [0.2, 0.25) is 0 Å². The van der Waals surface area contributed by atoms with E-state index in [-0.39, 0.29) is 12.5 Å². The maximum absolute atomic E-state index is 12.8. The number of urea groups is 1. The zero-order chi connectivity index (χ0) is 18.5. The summed E-state index contributed by atoms with van der Waals surface area (Å²) < 4.78 is 5.37. The fraction of sp³-hybridized carbons (Fsp3) is 0.450. The lowest BCUT2D eigenvalue weighted by atomic mass is 9.96. The molecule has 1 aromatic carbocycles. The minimum atomic E-state index is -0.873. The number of imide groups is 1. The lowest BCUT2D eigenvalue weighted by Crippen LogP contribution is -2.43. The van der Waals surface area contributed by atoms with Crippen LogP contribution in [-0.2, 0) is 24.2 Å². The Balaban J connectivity index is 1.75. The van der Waals surface area contributed by atoms with Gasteiger partial charge in [0.15, 0.2) is 0 Å². The molecular formula is C20H22N2O4. The van der Waals surface area contributed by atoms with Crippen LogP contribution in [0.4, 0.5) is 4.79 Å². The lowest BCUT2D eigenvalue weighted by Gasteiger charge is -2.21. The monoisotopic (exact) mass is 354 g/mol. The first-order valence-electron chi connectivity index (χ1n) is 9.14. The second-order valence-electron chi connectivity index (χ2n) is 7.46. The Hall–Kier alpha value is -2.63. The summed E-state index contributed by atoms with van der Waals surface area (Å²) in [5, 5.41) is 3.59. The average molecular weight is 354 g/mol. The van der Waals surface area contributed by atoms with Gasteiger partial charge in [-0.25, -0.2) is 9.59 Å². The van der Waals surface area contributed by atoms with Crippen LogP contribution in [-0.4, -0.2) is 22.4 Å². The number of nitrogens with one attached hydrogen (secondary N) is 1. The van der Waals surface area contributed by atoms with E-state index in [1.54, 1.807) is 6.92 Å². The van der Waals surface area contributed by atoms with E-state index < -0.39 is 17.2 Å². The molecule has 0 spiro atoms. The molecule has 6 nitrogen and oxygen atoms in total. The van der Waals surface area contributed by atoms with Gasteiger partial charge in [-0.1, -0.05) is 13.3 Å². The van der Waals surface area contributed by atoms with E-state index in [0.717, 1.165) is 31.1 Å². The minimum Gasteiger partial charge on any atom is -0.423 e. The smallest absolute Gasteiger partial charge is 0.336 e. The summed E-state index contributed by atoms with van der Waals surface area (Å²) in [4.78, 5) is 38.4. The maximum Gasteiger partial charge on any atom is 0.336 e. The maximum atomic E-state index is 12.8. The summed E-state index contributed by atoms with van der Waals surface area (Å²) in [6.07, 6.45) is 4.45. The summed E-state index contributed by atoms with van der Waals surface area (Å²) in [5.74, 6) is -0.244. The molecule has 0 radical (unpaired) electrons. The van der Waals surface area contributed by atoms with Gasteiger partial charge in [-0.05, 0) is 61.4 Å². The molecule has 1 aliphatic carbocycles. The Morgan fingerprint density at radius 3 is 2.62 bits per heavy atom. The number of carbonyl (C=O) groups is 2. The molecule has 1 atom stereocenters. The van der Waals surface area contributed by atoms with Crippen molar-refractivity contribution < 1.29 is 14.0 Å². The van der Waals surface area contributed by atoms with Gasteiger partial charge in [0.05, 0.1) is 6.54 Å². The predicted octanol–water partition coefficient (Wildman–Crippen LogP) is 2.89. The molecule has 1 saturated heterocycles. The van der Waals surface area contributed by atoms with Gasteiger partial charge in [0.2, 0.25) is 0 Å². The van der Waals surface area contributed by atoms with Crippen molar-refractivity contribution in [3.63, 3.8) is 0 Å². The topological polar surface area (TPSA) is 79.6 Å². The van der Waals surface area contributed by atoms with Crippen molar-refractivity contribution in [2.75, 3.05) is 0 Å². The molecule has 0 unspecified atom stereocenters. The third-order valence-corrected chi connectivity index (χ3v) is 5.47. The Morgan fingerprint density at radius 2 is 1.88 bits per heavy atom. The van der Waals surface area contributed by atoms with Crippen LogP contribution in [0.25, 0.3) is 11.0 Å². The molecule has 1 aromatic heterocycles. The quantitative estimate of drug-likeness (QED) is 0.676. The van der Waals surface area contributed by atoms with Gasteiger partial charge in [-0.2, -0.15) is 0 Å². The van der Waals surface area contributed by atoms with Gasteiger partial charge in [0, 0.05) is 11.5 Å². The first kappa shape index (κ1) is 16.8. The van der Waals surface area contributed by atoms with E-state index in [0.29, 0.717) is 17.6 Å². The van der Waals surface area contributed by atoms with Crippen LogP contribution >= 0.6 is 0 Å². The van der Waals surface area contributed by atoms with Crippen molar-refractivity contribution >= 4 is 22.9 Å². The number of amides is 3. The zero-order valence-electron chi connectivity index (χ0n) is 15.1. The molecule has 1 fully saturated rings. The molecule has 6 heteroatoms. The molecule has 2 aromatic rings. The van der Waals surface area contributed by atoms with Crippen LogP contribution in [0.3, 0.4) is 0 Å². The van der Waals surface area contributed by atoms with Gasteiger partial charge in [0.1, 0.15) is 11.1 Å². The van der Waals surface area contributed by atoms with E-state index >= 15 is 0 Å². The SMILES string of the molecule is CCC[C@]1(C)NC(=O)N(Cc2cc(=O)oc3cc4c(cc23)CCC4)C1=O. The summed E-state index contributed by atoms with van der Waals surface area (Å²) >= 11 is 0. The normalized spacial score (nSPS) is 22.2. The molecule has 2 aliphatic rings. The Kier molecular flexibility index (Phi) is 3.86. The highest BCUT2D eigenvalue weighted by Gasteiger charge is 2.47. The van der Waals surface area contributed by atoms with E-state index in [1.165, 1.54) is 22.1 Å². The van der Waals surface area contributed by atoms with Crippen molar-refractivity contribution in [1.29, 1.82) is 0 Å². The van der Waals surface area contributed by atoms with E-state index in [1.807, 2.05) is 19.1 Å². The van der Waals surface area contributed by atoms with Crippen molar-refractivity contribution in [2.45, 2.75) is 58.0 Å². The fourth-order valence-corrected chi connectivity index (χ4v) is 4.16. The first-order valence-corrected chi connectivity index (χ1v) is 9.14. The van der Waals surface area contributed by atoms with Crippen LogP contribution in [0, 0.1) is 0 Å². The molecule has 0 saturated carbocycles. The lowest BCUT2D eigenvalue weighted by molar-refractivity contribution is -0.131. The molecule has 136 valence electrons. The molecule has 1 aliphatic heterocycles. The number of nitrogens with zero attached hydrogens (tertiary/aromatic N) is 1. The van der Waals surface area contributed by atoms with Crippen molar-refractivity contribution in [3.05, 3.63) is 45.3 Å². The highest BCUT2D eigenvalue weighted by atomic mass is 16.4. The van der Waals surface area contributed by atoms with Gasteiger partial charge >= 0.3 is 11.7 Å². The van der Waals surface area contributed by atoms with Gasteiger partial charge < -0.3 is 9.73 Å². The van der Waals surface area contributed by atoms with Crippen LogP contribution in [0.1, 0.15) is 49.8 Å². The molecule has 4 rings (SSSR count). The van der Waals surface area contributed by atoms with Gasteiger partial charge in [-0.15, -0.1) is 0 Å². The van der Waals surface area contributed by atoms with E-state index in [4.69, 9.17) is 4.42 Å². The molecule has 1 N–H and O–H groups in total. The molecule has 0 bridgehead atoms. The third-order valence-electron chi connectivity index (χ3n) is 5.47. The molecule has 26 heavy (non-hydrogen) atoms. The van der Waals surface area contributed by atoms with Crippen molar-refractivity contribution in [1.82, 2.24) is 10.2 Å². The first-order chi connectivity index (χ1) is 12.4. The number of carbonyl (C=O) groups excluding carboxylic acids is 2. The largest absolute Gasteiger partial charge is 0.423 e. The molecular weight excluding hydrogens is 332 g/mol. The number of fused-ring (bicyclic) bond motifs is 2. The Morgan fingerprint density at radius 1 is 1.15 bits per heavy atom. The fourth-order valence-electron chi connectivity index (χ4n) is 4.16. The zero-order valence-corrected chi connectivity index (χ0v) is 15.1. The second-order valence-corrected chi connectivity index (χ2v) is 7.46. The Bertz CT molecular complexity index is 978. The summed E-state index contributed by atoms with van der Waals surface area (Å²) in [7, 11) is 0. The minimum absolute atomic E-state index is 0.0743. The summed E-state index contributed by atoms with van der Waals surface area (Å²) in [6, 6.07) is 4.95. The number of benzene rings is 1. The van der Waals surface area contributed by atoms with E-state index in [2.05, 4.69) is 5.32 Å². The third kappa shape index (κ3) is 2.60. The predicted molar refractivity (Wildman–Crippen MR) is 96.9 cm³/mol. The second kappa shape index (κ2) is 5.97. The number of rotatable bonds is 4. The van der Waals surface area contributed by atoms with Crippen LogP contribution in [0.15, 0.2) is 27.4 Å². The summed E-state index contributed by atoms with van der Waals surface area (Å²) in [6.45, 7) is 3.80. The Labute approximate surface area is 151 Å². The van der Waals surface area contributed by atoms with Gasteiger partial charge in [0.25, 0.3) is 5.91 Å². The van der Waals surface area contributed by atoms with Crippen molar-refractivity contribution in [3.8, 4) is 0 Å². The number of hydrogen-bond acceptors (Lipinski definition) is 4. The number of hydrogen-bond donors (Lipinski definition) is 1. The average Bonchev–Trinajstić information content (AvgIpc) is 3.11.